The van der Waals surface area contributed by atoms with Gasteiger partial charge in [-0.25, -0.2) is 0 Å². The number of nitrogens with one attached hydrogen (secondary N) is 1. The first-order valence-electron chi connectivity index (χ1n) is 5.89. The Labute approximate surface area is 123 Å². The van der Waals surface area contributed by atoms with Gasteiger partial charge in [-0.1, -0.05) is 0 Å². The first-order valence-corrected chi connectivity index (χ1v) is 8.66. The van der Waals surface area contributed by atoms with Crippen LogP contribution in [0.3, 0.4) is 0 Å². The van der Waals surface area contributed by atoms with Gasteiger partial charge in [0.1, 0.15) is 11.8 Å². The Morgan fingerprint density at radius 1 is 1.44 bits per heavy atom. The van der Waals surface area contributed by atoms with Crippen molar-refractivity contribution < 1.29 is 4.42 Å². The number of fused-ring (bicyclic) bond motifs is 1. The lowest BCUT2D eigenvalue weighted by atomic mass is 10.1. The van der Waals surface area contributed by atoms with E-state index in [4.69, 9.17) is 4.42 Å². The van der Waals surface area contributed by atoms with Crippen LogP contribution in [-0.4, -0.2) is 12.8 Å². The van der Waals surface area contributed by atoms with Crippen molar-refractivity contribution in [2.24, 2.45) is 0 Å². The molecule has 0 saturated heterocycles. The predicted molar refractivity (Wildman–Crippen MR) is 81.5 cm³/mol. The summed E-state index contributed by atoms with van der Waals surface area (Å²) < 4.78 is 6.47. The van der Waals surface area contributed by atoms with E-state index in [1.807, 2.05) is 42.3 Å². The molecule has 2 aromatic heterocycles. The molecule has 3 heterocycles. The Morgan fingerprint density at radius 2 is 2.33 bits per heavy atom. The van der Waals surface area contributed by atoms with Crippen LogP contribution in [-0.2, 0) is 12.2 Å². The molecule has 2 nitrogen and oxygen atoms in total. The molecule has 0 saturated carbocycles. The third kappa shape index (κ3) is 2.41. The van der Waals surface area contributed by atoms with Crippen LogP contribution in [0.25, 0.3) is 0 Å². The molecule has 96 valence electrons. The monoisotopic (exact) mass is 343 g/mol. The van der Waals surface area contributed by atoms with E-state index in [0.29, 0.717) is 0 Å². The maximum absolute atomic E-state index is 5.68. The number of aryl methyl sites for hydroxylation is 1. The highest BCUT2D eigenvalue weighted by Gasteiger charge is 2.21. The van der Waals surface area contributed by atoms with Gasteiger partial charge in [0.2, 0.25) is 0 Å². The van der Waals surface area contributed by atoms with Crippen molar-refractivity contribution in [1.29, 1.82) is 0 Å². The van der Waals surface area contributed by atoms with Crippen LogP contribution < -0.4 is 5.32 Å². The number of halogens is 1. The number of rotatable bonds is 3. The van der Waals surface area contributed by atoms with Gasteiger partial charge in [-0.3, -0.25) is 0 Å². The number of hydrogen-bond acceptors (Lipinski definition) is 4. The molecular weight excluding hydrogens is 330 g/mol. The van der Waals surface area contributed by atoms with Gasteiger partial charge < -0.3 is 9.73 Å². The molecular formula is C13H14BrNOS2. The van der Waals surface area contributed by atoms with Crippen molar-refractivity contribution in [3.63, 3.8) is 0 Å². The highest BCUT2D eigenvalue weighted by molar-refractivity contribution is 9.10. The summed E-state index contributed by atoms with van der Waals surface area (Å²) in [5.41, 5.74) is 1.51. The van der Waals surface area contributed by atoms with Gasteiger partial charge in [0.15, 0.2) is 4.67 Å². The van der Waals surface area contributed by atoms with Crippen molar-refractivity contribution >= 4 is 39.0 Å². The second-order valence-electron chi connectivity index (χ2n) is 4.26. The minimum atomic E-state index is 0.164. The fourth-order valence-corrected chi connectivity index (χ4v) is 5.03. The van der Waals surface area contributed by atoms with Crippen LogP contribution in [0.5, 0.6) is 0 Å². The van der Waals surface area contributed by atoms with Crippen LogP contribution in [0.4, 0.5) is 0 Å². The second-order valence-corrected chi connectivity index (χ2v) is 7.32. The standard InChI is InChI=1S/C13H14BrNOS2/c1-15-13(9-2-3-12(14)16-9)11-6-8-7-17-5-4-10(8)18-11/h2-3,6,13,15H,4-5,7H2,1H3. The normalized spacial score (nSPS) is 16.6. The Kier molecular flexibility index (Phi) is 3.84. The lowest BCUT2D eigenvalue weighted by Crippen LogP contribution is -2.15. The zero-order chi connectivity index (χ0) is 12.5. The van der Waals surface area contributed by atoms with Crippen molar-refractivity contribution in [3.8, 4) is 0 Å². The fraction of sp³-hybridized carbons (Fsp3) is 0.385. The Balaban J connectivity index is 1.94. The van der Waals surface area contributed by atoms with Crippen molar-refractivity contribution in [2.75, 3.05) is 12.8 Å². The van der Waals surface area contributed by atoms with Crippen molar-refractivity contribution in [2.45, 2.75) is 18.2 Å². The van der Waals surface area contributed by atoms with Gasteiger partial charge in [0.25, 0.3) is 0 Å². The molecule has 1 unspecified atom stereocenters. The second kappa shape index (κ2) is 5.41. The zero-order valence-corrected chi connectivity index (χ0v) is 13.3. The number of thiophene rings is 1. The van der Waals surface area contributed by atoms with E-state index in [9.17, 15) is 0 Å². The van der Waals surface area contributed by atoms with Gasteiger partial charge in [0.05, 0.1) is 0 Å². The maximum atomic E-state index is 5.68. The Morgan fingerprint density at radius 3 is 3.00 bits per heavy atom. The maximum Gasteiger partial charge on any atom is 0.169 e. The van der Waals surface area contributed by atoms with Crippen molar-refractivity contribution in [1.82, 2.24) is 5.32 Å². The summed E-state index contributed by atoms with van der Waals surface area (Å²) in [6.07, 6.45) is 1.21. The number of thioether (sulfide) groups is 1. The third-order valence-corrected chi connectivity index (χ3v) is 5.83. The topological polar surface area (TPSA) is 25.2 Å². The van der Waals surface area contributed by atoms with E-state index >= 15 is 0 Å². The molecule has 0 bridgehead atoms. The molecule has 0 fully saturated rings. The summed E-state index contributed by atoms with van der Waals surface area (Å²) in [7, 11) is 1.98. The molecule has 1 aliphatic rings. The minimum Gasteiger partial charge on any atom is -0.452 e. The lowest BCUT2D eigenvalue weighted by molar-refractivity contribution is 0.449. The molecule has 0 aliphatic carbocycles. The van der Waals surface area contributed by atoms with E-state index < -0.39 is 0 Å². The SMILES string of the molecule is CNC(c1ccc(Br)o1)c1cc2c(s1)CCSC2. The molecule has 1 aliphatic heterocycles. The average Bonchev–Trinajstić information content (AvgIpc) is 2.96. The van der Waals surface area contributed by atoms with E-state index in [-0.39, 0.29) is 6.04 Å². The molecule has 1 N–H and O–H groups in total. The highest BCUT2D eigenvalue weighted by Crippen LogP contribution is 2.37. The Bertz CT molecular complexity index is 525. The van der Waals surface area contributed by atoms with Gasteiger partial charge in [-0.15, -0.1) is 11.3 Å². The number of furan rings is 1. The van der Waals surface area contributed by atoms with E-state index in [1.54, 1.807) is 4.88 Å². The molecule has 18 heavy (non-hydrogen) atoms. The summed E-state index contributed by atoms with van der Waals surface area (Å²) in [6, 6.07) is 6.47. The van der Waals surface area contributed by atoms with Crippen LogP contribution in [0.2, 0.25) is 0 Å². The first kappa shape index (κ1) is 12.8. The highest BCUT2D eigenvalue weighted by atomic mass is 79.9. The van der Waals surface area contributed by atoms with Gasteiger partial charge >= 0.3 is 0 Å². The van der Waals surface area contributed by atoms with Gasteiger partial charge in [0, 0.05) is 15.5 Å². The largest absolute Gasteiger partial charge is 0.452 e. The average molecular weight is 344 g/mol. The quantitative estimate of drug-likeness (QED) is 0.903. The predicted octanol–water partition coefficient (Wildman–Crippen LogP) is 4.20. The molecule has 0 spiro atoms. The minimum absolute atomic E-state index is 0.164. The summed E-state index contributed by atoms with van der Waals surface area (Å²) in [6.45, 7) is 0. The molecule has 3 rings (SSSR count). The lowest BCUT2D eigenvalue weighted by Gasteiger charge is -2.11. The van der Waals surface area contributed by atoms with Crippen LogP contribution in [0, 0.1) is 0 Å². The molecule has 0 aromatic carbocycles. The zero-order valence-electron chi connectivity index (χ0n) is 10.0. The molecule has 1 atom stereocenters. The van der Waals surface area contributed by atoms with E-state index in [0.717, 1.165) is 16.2 Å². The van der Waals surface area contributed by atoms with Gasteiger partial charge in [-0.05, 0) is 58.9 Å². The summed E-state index contributed by atoms with van der Waals surface area (Å²) in [5, 5.41) is 3.35. The third-order valence-electron chi connectivity index (χ3n) is 3.10. The van der Waals surface area contributed by atoms with Crippen LogP contribution in [0.15, 0.2) is 27.3 Å². The number of hydrogen-bond donors (Lipinski definition) is 1. The van der Waals surface area contributed by atoms with Crippen LogP contribution >= 0.6 is 39.0 Å². The van der Waals surface area contributed by atoms with Crippen molar-refractivity contribution in [3.05, 3.63) is 43.9 Å². The fourth-order valence-electron chi connectivity index (χ4n) is 2.22. The van der Waals surface area contributed by atoms with Crippen LogP contribution in [0.1, 0.15) is 27.1 Å². The molecule has 2 aromatic rings. The smallest absolute Gasteiger partial charge is 0.169 e. The summed E-state index contributed by atoms with van der Waals surface area (Å²) in [5.74, 6) is 3.38. The summed E-state index contributed by atoms with van der Waals surface area (Å²) in [4.78, 5) is 2.90. The van der Waals surface area contributed by atoms with E-state index in [2.05, 4.69) is 27.3 Å². The molecule has 5 heteroatoms. The summed E-state index contributed by atoms with van der Waals surface area (Å²) >= 11 is 7.31. The molecule has 0 radical (unpaired) electrons. The first-order chi connectivity index (χ1) is 8.78. The van der Waals surface area contributed by atoms with Gasteiger partial charge in [-0.2, -0.15) is 11.8 Å². The Hall–Kier alpha value is -0.230. The van der Waals surface area contributed by atoms with E-state index in [1.165, 1.54) is 22.6 Å². The molecule has 0 amide bonds.